The molecule has 24 heavy (non-hydrogen) atoms. The number of hydrogen-bond donors (Lipinski definition) is 0. The van der Waals surface area contributed by atoms with Crippen LogP contribution in [0.15, 0.2) is 42.1 Å². The lowest BCUT2D eigenvalue weighted by molar-refractivity contribution is 0.365. The zero-order chi connectivity index (χ0) is 16.5. The van der Waals surface area contributed by atoms with Crippen LogP contribution in [0.2, 0.25) is 5.02 Å². The largest absolute Gasteiger partial charge is 0.310 e. The fraction of sp³-hybridized carbons (Fsp3) is 0.300. The number of piperidine rings is 1. The van der Waals surface area contributed by atoms with Crippen molar-refractivity contribution in [2.75, 3.05) is 13.1 Å². The smallest absolute Gasteiger partial charge is 0.179 e. The van der Waals surface area contributed by atoms with Gasteiger partial charge in [0.25, 0.3) is 0 Å². The quantitative estimate of drug-likeness (QED) is 0.677. The van der Waals surface area contributed by atoms with E-state index in [1.165, 1.54) is 27.8 Å². The van der Waals surface area contributed by atoms with E-state index in [1.54, 1.807) is 0 Å². The highest BCUT2D eigenvalue weighted by Gasteiger charge is 2.24. The minimum absolute atomic E-state index is 0.788. The Bertz CT molecular complexity index is 853. The van der Waals surface area contributed by atoms with Crippen molar-refractivity contribution in [2.45, 2.75) is 25.7 Å². The van der Waals surface area contributed by atoms with Gasteiger partial charge in [0.1, 0.15) is 0 Å². The first kappa shape index (κ1) is 15.2. The molecule has 1 aromatic carbocycles. The standard InChI is InChI=1S/C20H18ClN3/c21-17-5-6-18-16(12-17)4-3-15-2-1-9-23-20(15)19(18)14-7-10-24(13-22)11-8-14/h1-2,5-6,9,12H,3-4,7-8,10-11H2. The van der Waals surface area contributed by atoms with Gasteiger partial charge in [-0.15, -0.1) is 0 Å². The summed E-state index contributed by atoms with van der Waals surface area (Å²) in [5.74, 6) is 0. The van der Waals surface area contributed by atoms with E-state index >= 15 is 0 Å². The summed E-state index contributed by atoms with van der Waals surface area (Å²) < 4.78 is 0. The number of halogens is 1. The van der Waals surface area contributed by atoms with E-state index in [4.69, 9.17) is 21.8 Å². The van der Waals surface area contributed by atoms with Crippen molar-refractivity contribution in [1.29, 1.82) is 5.26 Å². The number of fused-ring (bicyclic) bond motifs is 2. The number of benzene rings is 1. The second kappa shape index (κ2) is 6.30. The van der Waals surface area contributed by atoms with Gasteiger partial charge in [-0.2, -0.15) is 5.26 Å². The number of pyridine rings is 1. The van der Waals surface area contributed by atoms with Crippen LogP contribution in [0.1, 0.15) is 35.2 Å². The van der Waals surface area contributed by atoms with Crippen molar-refractivity contribution < 1.29 is 0 Å². The van der Waals surface area contributed by atoms with Gasteiger partial charge in [-0.3, -0.25) is 4.98 Å². The summed E-state index contributed by atoms with van der Waals surface area (Å²) in [5.41, 5.74) is 7.65. The van der Waals surface area contributed by atoms with Gasteiger partial charge in [0.2, 0.25) is 0 Å². The maximum absolute atomic E-state index is 9.11. The lowest BCUT2D eigenvalue weighted by Crippen LogP contribution is -2.26. The Morgan fingerprint density at radius 2 is 1.83 bits per heavy atom. The first-order chi connectivity index (χ1) is 11.8. The van der Waals surface area contributed by atoms with E-state index in [-0.39, 0.29) is 0 Å². The maximum atomic E-state index is 9.11. The van der Waals surface area contributed by atoms with Crippen molar-refractivity contribution in [3.05, 3.63) is 69.5 Å². The number of nitriles is 1. The number of likely N-dealkylation sites (tertiary alicyclic amines) is 1. The molecule has 0 bridgehead atoms. The van der Waals surface area contributed by atoms with E-state index in [0.717, 1.165) is 49.5 Å². The van der Waals surface area contributed by atoms with Crippen LogP contribution in [0.3, 0.4) is 0 Å². The number of rotatable bonds is 0. The van der Waals surface area contributed by atoms with Gasteiger partial charge in [-0.25, -0.2) is 0 Å². The molecular weight excluding hydrogens is 318 g/mol. The molecule has 2 aromatic rings. The molecule has 0 unspecified atom stereocenters. The lowest BCUT2D eigenvalue weighted by Gasteiger charge is -2.26. The van der Waals surface area contributed by atoms with E-state index < -0.39 is 0 Å². The molecule has 2 heterocycles. The van der Waals surface area contributed by atoms with Crippen molar-refractivity contribution in [3.63, 3.8) is 0 Å². The Labute approximate surface area is 147 Å². The first-order valence-corrected chi connectivity index (χ1v) is 8.74. The molecule has 1 aliphatic heterocycles. The second-order valence-corrected chi connectivity index (χ2v) is 6.81. The average molecular weight is 336 g/mol. The molecule has 1 aromatic heterocycles. The molecule has 0 radical (unpaired) electrons. The van der Waals surface area contributed by atoms with Crippen molar-refractivity contribution in [2.24, 2.45) is 0 Å². The van der Waals surface area contributed by atoms with Gasteiger partial charge in [0.15, 0.2) is 6.19 Å². The van der Waals surface area contributed by atoms with Crippen LogP contribution in [-0.4, -0.2) is 23.0 Å². The summed E-state index contributed by atoms with van der Waals surface area (Å²) in [6, 6.07) is 10.4. The van der Waals surface area contributed by atoms with Crippen LogP contribution in [0.25, 0.3) is 5.57 Å². The zero-order valence-electron chi connectivity index (χ0n) is 13.4. The molecule has 1 aliphatic carbocycles. The van der Waals surface area contributed by atoms with Crippen molar-refractivity contribution in [1.82, 2.24) is 9.88 Å². The highest BCUT2D eigenvalue weighted by molar-refractivity contribution is 6.30. The predicted molar refractivity (Wildman–Crippen MR) is 95.5 cm³/mol. The van der Waals surface area contributed by atoms with E-state index in [2.05, 4.69) is 24.4 Å². The fourth-order valence-corrected chi connectivity index (χ4v) is 3.95. The van der Waals surface area contributed by atoms with Gasteiger partial charge < -0.3 is 4.90 Å². The van der Waals surface area contributed by atoms with E-state index in [1.807, 2.05) is 23.2 Å². The summed E-state index contributed by atoms with van der Waals surface area (Å²) in [6.45, 7) is 1.58. The Balaban J connectivity index is 1.90. The van der Waals surface area contributed by atoms with E-state index in [0.29, 0.717) is 0 Å². The third-order valence-corrected chi connectivity index (χ3v) is 5.23. The van der Waals surface area contributed by atoms with Crippen LogP contribution in [0.4, 0.5) is 0 Å². The highest BCUT2D eigenvalue weighted by atomic mass is 35.5. The van der Waals surface area contributed by atoms with Crippen LogP contribution >= 0.6 is 11.6 Å². The molecule has 1 fully saturated rings. The molecule has 0 atom stereocenters. The highest BCUT2D eigenvalue weighted by Crippen LogP contribution is 2.38. The first-order valence-electron chi connectivity index (χ1n) is 8.36. The number of aryl methyl sites for hydroxylation is 2. The zero-order valence-corrected chi connectivity index (χ0v) is 14.2. The lowest BCUT2D eigenvalue weighted by atomic mass is 9.89. The molecule has 4 heteroatoms. The molecule has 0 amide bonds. The second-order valence-electron chi connectivity index (χ2n) is 6.38. The molecule has 1 saturated heterocycles. The van der Waals surface area contributed by atoms with Crippen LogP contribution < -0.4 is 0 Å². The molecule has 0 saturated carbocycles. The van der Waals surface area contributed by atoms with E-state index in [9.17, 15) is 0 Å². The van der Waals surface area contributed by atoms with Crippen LogP contribution in [-0.2, 0) is 12.8 Å². The Morgan fingerprint density at radius 1 is 1.04 bits per heavy atom. The molecule has 3 nitrogen and oxygen atoms in total. The fourth-order valence-electron chi connectivity index (χ4n) is 3.76. The minimum Gasteiger partial charge on any atom is -0.310 e. The monoisotopic (exact) mass is 335 g/mol. The molecule has 0 N–H and O–H groups in total. The Morgan fingerprint density at radius 3 is 2.62 bits per heavy atom. The van der Waals surface area contributed by atoms with Gasteiger partial charge in [0, 0.05) is 29.9 Å². The molecule has 0 spiro atoms. The Kier molecular flexibility index (Phi) is 4.00. The van der Waals surface area contributed by atoms with Gasteiger partial charge >= 0.3 is 0 Å². The molecular formula is C20H18ClN3. The molecule has 2 aliphatic rings. The average Bonchev–Trinajstić information content (AvgIpc) is 2.78. The summed E-state index contributed by atoms with van der Waals surface area (Å²) in [5, 5.41) is 9.90. The summed E-state index contributed by atoms with van der Waals surface area (Å²) in [4.78, 5) is 6.56. The summed E-state index contributed by atoms with van der Waals surface area (Å²) in [7, 11) is 0. The Hall–Kier alpha value is -2.31. The third kappa shape index (κ3) is 2.68. The number of nitrogens with zero attached hydrogens (tertiary/aromatic N) is 3. The van der Waals surface area contributed by atoms with Gasteiger partial charge in [-0.05, 0) is 60.6 Å². The third-order valence-electron chi connectivity index (χ3n) is 4.99. The number of hydrogen-bond acceptors (Lipinski definition) is 3. The normalized spacial score (nSPS) is 16.9. The summed E-state index contributed by atoms with van der Waals surface area (Å²) in [6.07, 6.45) is 7.94. The number of aromatic nitrogens is 1. The van der Waals surface area contributed by atoms with Crippen molar-refractivity contribution in [3.8, 4) is 6.19 Å². The SMILES string of the molecule is N#CN1CCC(=C2c3ccc(Cl)cc3CCc3cccnc32)CC1. The van der Waals surface area contributed by atoms with Crippen LogP contribution in [0, 0.1) is 11.5 Å². The molecule has 4 rings (SSSR count). The summed E-state index contributed by atoms with van der Waals surface area (Å²) >= 11 is 6.24. The topological polar surface area (TPSA) is 39.9 Å². The van der Waals surface area contributed by atoms with Crippen LogP contribution in [0.5, 0.6) is 0 Å². The van der Waals surface area contributed by atoms with Gasteiger partial charge in [0.05, 0.1) is 5.69 Å². The van der Waals surface area contributed by atoms with Gasteiger partial charge in [-0.1, -0.05) is 29.3 Å². The maximum Gasteiger partial charge on any atom is 0.179 e. The van der Waals surface area contributed by atoms with Crippen molar-refractivity contribution >= 4 is 17.2 Å². The predicted octanol–water partition coefficient (Wildman–Crippen LogP) is 4.21. The minimum atomic E-state index is 0.788. The molecule has 120 valence electrons.